The molecule has 0 amide bonds. The van der Waals surface area contributed by atoms with Gasteiger partial charge in [-0.05, 0) is 62.9 Å². The SMILES string of the molecule is C[C@@H]1O[C@@H](O[C@H]2C[C@H]3OB4OC[C@@]35[C@@H]3C(CC[C@@]5(C2)O4)[C@@]2(O)CC[C@H](C4=CC(=O)OC4)[C@@]2(C)C[C@H]3O)[C@H](O)[C@H](O)[C@H]1O. The minimum Gasteiger partial charge on any atom is -0.458 e. The monoisotopic (exact) mass is 592 g/mol. The quantitative estimate of drug-likeness (QED) is 0.163. The number of carbonyl (C=O) groups excluding carboxylic acids is 1. The molecule has 12 nitrogen and oxygen atoms in total. The van der Waals surface area contributed by atoms with Crippen LogP contribution in [0.3, 0.4) is 0 Å². The van der Waals surface area contributed by atoms with Crippen LogP contribution in [0.5, 0.6) is 0 Å². The Morgan fingerprint density at radius 1 is 1.07 bits per heavy atom. The lowest BCUT2D eigenvalue weighted by Crippen LogP contribution is -2.82. The van der Waals surface area contributed by atoms with E-state index >= 15 is 0 Å². The Morgan fingerprint density at radius 2 is 1.88 bits per heavy atom. The number of hydrogen-bond acceptors (Lipinski definition) is 12. The van der Waals surface area contributed by atoms with Gasteiger partial charge in [0.2, 0.25) is 0 Å². The average molecular weight is 592 g/mol. The summed E-state index contributed by atoms with van der Waals surface area (Å²) in [4.78, 5) is 11.9. The summed E-state index contributed by atoms with van der Waals surface area (Å²) < 4.78 is 36.1. The van der Waals surface area contributed by atoms with Gasteiger partial charge in [-0.1, -0.05) is 6.92 Å². The molecule has 4 saturated heterocycles. The standard InChI is InChI=1S/C29H41BO12/c1-13-22(33)23(34)24(35)25(39-13)40-15-8-19-28-12-38-30(41-19)42-27(28,9-15)5-3-17-21(28)18(31)10-26(2)16(4-6-29(17,26)36)14-7-20(32)37-11-14/h7,13,15-19,21-25,31,33-36H,3-6,8-12H2,1-2H3/t13-,15-,16+,17?,18+,19+,21+,22-,23+,24+,25-,26+,27-,28-,29-/m0/s1. The predicted molar refractivity (Wildman–Crippen MR) is 141 cm³/mol. The van der Waals surface area contributed by atoms with Crippen molar-refractivity contribution in [1.82, 2.24) is 0 Å². The van der Waals surface area contributed by atoms with E-state index < -0.39 is 78.4 Å². The highest BCUT2D eigenvalue weighted by atomic mass is 16.8. The predicted octanol–water partition coefficient (Wildman–Crippen LogP) is -0.430. The maximum Gasteiger partial charge on any atom is 0.640 e. The molecule has 4 aliphatic carbocycles. The maximum absolute atomic E-state index is 12.6. The van der Waals surface area contributed by atoms with Crippen LogP contribution in [0.4, 0.5) is 0 Å². The molecule has 1 unspecified atom stereocenters. The van der Waals surface area contributed by atoms with Gasteiger partial charge < -0.3 is 53.7 Å². The summed E-state index contributed by atoms with van der Waals surface area (Å²) >= 11 is 0. The van der Waals surface area contributed by atoms with Crippen LogP contribution in [-0.4, -0.2) is 112 Å². The molecule has 4 saturated carbocycles. The minimum atomic E-state index is -1.42. The van der Waals surface area contributed by atoms with Crippen molar-refractivity contribution in [2.45, 2.75) is 119 Å². The van der Waals surface area contributed by atoms with Crippen LogP contribution in [0.15, 0.2) is 11.6 Å². The van der Waals surface area contributed by atoms with Crippen LogP contribution in [-0.2, 0) is 33.0 Å². The summed E-state index contributed by atoms with van der Waals surface area (Å²) in [5, 5.41) is 55.7. The van der Waals surface area contributed by atoms with Crippen molar-refractivity contribution in [2.24, 2.45) is 28.6 Å². The Bertz CT molecular complexity index is 1190. The number of fused-ring (bicyclic) bond motifs is 4. The van der Waals surface area contributed by atoms with E-state index in [1.165, 1.54) is 0 Å². The lowest BCUT2D eigenvalue weighted by Gasteiger charge is -2.74. The molecule has 9 rings (SSSR count). The Morgan fingerprint density at radius 3 is 2.64 bits per heavy atom. The van der Waals surface area contributed by atoms with Gasteiger partial charge in [0.1, 0.15) is 24.9 Å². The highest BCUT2D eigenvalue weighted by Gasteiger charge is 2.80. The van der Waals surface area contributed by atoms with Crippen LogP contribution in [0.1, 0.15) is 58.8 Å². The molecule has 0 aromatic rings. The third-order valence-electron chi connectivity index (χ3n) is 12.9. The smallest absolute Gasteiger partial charge is 0.458 e. The molecule has 13 heteroatoms. The van der Waals surface area contributed by atoms with Crippen LogP contribution >= 0.6 is 0 Å². The fourth-order valence-corrected chi connectivity index (χ4v) is 11.0. The van der Waals surface area contributed by atoms with E-state index in [1.807, 2.05) is 0 Å². The van der Waals surface area contributed by atoms with Gasteiger partial charge in [0.25, 0.3) is 0 Å². The third-order valence-corrected chi connectivity index (χ3v) is 12.9. The van der Waals surface area contributed by atoms with Gasteiger partial charge in [-0.15, -0.1) is 0 Å². The number of ether oxygens (including phenoxy) is 3. The number of esters is 1. The Hall–Kier alpha value is -1.13. The molecule has 5 N–H and O–H groups in total. The molecule has 15 atom stereocenters. The van der Waals surface area contributed by atoms with Gasteiger partial charge in [-0.25, -0.2) is 4.79 Å². The van der Waals surface area contributed by atoms with Gasteiger partial charge in [0.05, 0.1) is 41.0 Å². The summed E-state index contributed by atoms with van der Waals surface area (Å²) in [6.07, 6.45) is -2.13. The van der Waals surface area contributed by atoms with E-state index in [0.29, 0.717) is 45.1 Å². The second kappa shape index (κ2) is 9.21. The Kier molecular flexibility index (Phi) is 6.22. The van der Waals surface area contributed by atoms with Crippen LogP contribution < -0.4 is 0 Å². The molecular formula is C29H41BO12. The van der Waals surface area contributed by atoms with Gasteiger partial charge in [0.15, 0.2) is 6.29 Å². The summed E-state index contributed by atoms with van der Waals surface area (Å²) in [7, 11) is -0.820. The molecule has 42 heavy (non-hydrogen) atoms. The van der Waals surface area contributed by atoms with E-state index in [2.05, 4.69) is 6.92 Å². The normalized spacial score (nSPS) is 58.2. The number of aliphatic hydroxyl groups excluding tert-OH is 4. The number of cyclic esters (lactones) is 1. The third kappa shape index (κ3) is 3.46. The van der Waals surface area contributed by atoms with Crippen molar-refractivity contribution in [2.75, 3.05) is 13.2 Å². The van der Waals surface area contributed by atoms with Crippen LogP contribution in [0, 0.1) is 28.6 Å². The number of hydrogen-bond donors (Lipinski definition) is 5. The number of carbonyl (C=O) groups is 1. The van der Waals surface area contributed by atoms with Crippen molar-refractivity contribution < 1.29 is 58.5 Å². The number of aliphatic hydroxyl groups is 5. The molecule has 0 radical (unpaired) electrons. The first-order chi connectivity index (χ1) is 19.9. The first-order valence-corrected chi connectivity index (χ1v) is 15.5. The first kappa shape index (κ1) is 28.4. The minimum absolute atomic E-state index is 0.0563. The van der Waals surface area contributed by atoms with Gasteiger partial charge >= 0.3 is 13.3 Å². The highest BCUT2D eigenvalue weighted by Crippen LogP contribution is 2.73. The zero-order chi connectivity index (χ0) is 29.4. The second-order valence-electron chi connectivity index (χ2n) is 14.5. The molecule has 232 valence electrons. The second-order valence-corrected chi connectivity index (χ2v) is 14.5. The van der Waals surface area contributed by atoms with Crippen molar-refractivity contribution in [3.63, 3.8) is 0 Å². The summed E-state index contributed by atoms with van der Waals surface area (Å²) in [6, 6.07) is 0. The van der Waals surface area contributed by atoms with Crippen molar-refractivity contribution >= 4 is 13.3 Å². The summed E-state index contributed by atoms with van der Waals surface area (Å²) in [5.74, 6) is -0.981. The molecule has 4 bridgehead atoms. The fraction of sp³-hybridized carbons (Fsp3) is 0.897. The largest absolute Gasteiger partial charge is 0.640 e. The molecule has 9 aliphatic rings. The van der Waals surface area contributed by atoms with Crippen molar-refractivity contribution in [3.05, 3.63) is 11.6 Å². The Labute approximate surface area is 244 Å². The molecule has 0 aromatic carbocycles. The van der Waals surface area contributed by atoms with Crippen molar-refractivity contribution in [3.8, 4) is 0 Å². The molecule has 8 fully saturated rings. The van der Waals surface area contributed by atoms with E-state index in [1.54, 1.807) is 13.0 Å². The lowest BCUT2D eigenvalue weighted by atomic mass is 9.39. The fourth-order valence-electron chi connectivity index (χ4n) is 11.0. The highest BCUT2D eigenvalue weighted by molar-refractivity contribution is 6.37. The van der Waals surface area contributed by atoms with Gasteiger partial charge in [-0.2, -0.15) is 0 Å². The first-order valence-electron chi connectivity index (χ1n) is 15.5. The summed E-state index contributed by atoms with van der Waals surface area (Å²) in [6.45, 7) is 4.25. The van der Waals surface area contributed by atoms with Crippen molar-refractivity contribution in [1.29, 1.82) is 0 Å². The van der Waals surface area contributed by atoms with E-state index in [0.717, 1.165) is 12.0 Å². The van der Waals surface area contributed by atoms with Gasteiger partial charge in [0, 0.05) is 30.4 Å². The summed E-state index contributed by atoms with van der Waals surface area (Å²) in [5.41, 5.74) is -2.25. The molecule has 5 aliphatic heterocycles. The average Bonchev–Trinajstić information content (AvgIpc) is 3.49. The lowest BCUT2D eigenvalue weighted by molar-refractivity contribution is -0.370. The molecule has 1 spiro atoms. The maximum atomic E-state index is 12.6. The van der Waals surface area contributed by atoms with Crippen LogP contribution in [0.25, 0.3) is 0 Å². The zero-order valence-electron chi connectivity index (χ0n) is 24.0. The molecule has 5 heterocycles. The van der Waals surface area contributed by atoms with E-state index in [9.17, 15) is 30.3 Å². The van der Waals surface area contributed by atoms with E-state index in [4.69, 9.17) is 28.2 Å². The van der Waals surface area contributed by atoms with Crippen LogP contribution in [0.2, 0.25) is 0 Å². The molecule has 0 aromatic heterocycles. The number of rotatable bonds is 3. The topological polar surface area (TPSA) is 174 Å². The zero-order valence-corrected chi connectivity index (χ0v) is 24.0. The molecular weight excluding hydrogens is 551 g/mol. The van der Waals surface area contributed by atoms with Gasteiger partial charge in [-0.3, -0.25) is 0 Å². The Balaban J connectivity index is 1.11. The van der Waals surface area contributed by atoms with E-state index in [-0.39, 0.29) is 30.3 Å².